The van der Waals surface area contributed by atoms with E-state index < -0.39 is 0 Å². The van der Waals surface area contributed by atoms with E-state index >= 15 is 0 Å². The molecule has 0 aromatic heterocycles. The molecule has 0 aromatic rings. The first-order valence-electron chi connectivity index (χ1n) is 3.84. The second-order valence-electron chi connectivity index (χ2n) is 3.02. The van der Waals surface area contributed by atoms with Crippen LogP contribution in [0.2, 0.25) is 0 Å². The monoisotopic (exact) mass is 235 g/mol. The fourth-order valence-electron chi connectivity index (χ4n) is 0.921. The molecule has 0 radical (unpaired) electrons. The second kappa shape index (κ2) is 5.30. The highest BCUT2D eigenvalue weighted by molar-refractivity contribution is 9.09. The van der Waals surface area contributed by atoms with Gasteiger partial charge in [-0.25, -0.2) is 0 Å². The first-order valence-corrected chi connectivity index (χ1v) is 4.97. The molecule has 70 valence electrons. The number of carbonyl (C=O) groups is 2. The Kier molecular flexibility index (Phi) is 5.13. The van der Waals surface area contributed by atoms with E-state index in [0.717, 1.165) is 0 Å². The van der Waals surface area contributed by atoms with Crippen LogP contribution < -0.4 is 5.32 Å². The van der Waals surface area contributed by atoms with Crippen molar-refractivity contribution in [1.82, 2.24) is 5.32 Å². The summed E-state index contributed by atoms with van der Waals surface area (Å²) >= 11 is 3.07. The number of halogens is 1. The van der Waals surface area contributed by atoms with E-state index in [1.165, 1.54) is 6.92 Å². The number of ketones is 1. The van der Waals surface area contributed by atoms with Gasteiger partial charge in [-0.1, -0.05) is 29.8 Å². The lowest BCUT2D eigenvalue weighted by Gasteiger charge is -2.18. The van der Waals surface area contributed by atoms with Gasteiger partial charge < -0.3 is 5.32 Å². The number of rotatable bonds is 4. The summed E-state index contributed by atoms with van der Waals surface area (Å²) in [5, 5.41) is 2.90. The van der Waals surface area contributed by atoms with E-state index in [1.807, 2.05) is 13.8 Å². The topological polar surface area (TPSA) is 46.2 Å². The Morgan fingerprint density at radius 3 is 2.17 bits per heavy atom. The Balaban J connectivity index is 4.23. The van der Waals surface area contributed by atoms with Crippen LogP contribution in [0.4, 0.5) is 0 Å². The molecule has 1 atom stereocenters. The van der Waals surface area contributed by atoms with Gasteiger partial charge in [-0.2, -0.15) is 0 Å². The number of Topliss-reactive ketones (excluding diaryl/α,β-unsaturated/α-hetero) is 1. The molecule has 0 saturated heterocycles. The Hall–Kier alpha value is -0.380. The van der Waals surface area contributed by atoms with E-state index in [2.05, 4.69) is 21.2 Å². The fourth-order valence-corrected chi connectivity index (χ4v) is 1.27. The van der Waals surface area contributed by atoms with Crippen LogP contribution in [0.3, 0.4) is 0 Å². The number of hydrogen-bond acceptors (Lipinski definition) is 2. The number of amides is 1. The lowest BCUT2D eigenvalue weighted by Crippen LogP contribution is -2.43. The molecule has 1 unspecified atom stereocenters. The molecule has 0 heterocycles. The van der Waals surface area contributed by atoms with E-state index in [1.54, 1.807) is 0 Å². The summed E-state index contributed by atoms with van der Waals surface area (Å²) in [6.45, 7) is 5.22. The molecule has 0 fully saturated rings. The smallest absolute Gasteiger partial charge is 0.217 e. The number of nitrogens with one attached hydrogen (secondary N) is 1. The first kappa shape index (κ1) is 11.6. The molecule has 3 nitrogen and oxygen atoms in total. The standard InChI is InChI=1S/C8H14BrNO2/c1-5(2)8(7(12)4-9)10-6(3)11/h5,8H,4H2,1-3H3,(H,10,11). The molecular weight excluding hydrogens is 222 g/mol. The fraction of sp³-hybridized carbons (Fsp3) is 0.750. The van der Waals surface area contributed by atoms with Crippen LogP contribution in [0, 0.1) is 5.92 Å². The van der Waals surface area contributed by atoms with Crippen molar-refractivity contribution in [2.75, 3.05) is 5.33 Å². The highest BCUT2D eigenvalue weighted by Gasteiger charge is 2.21. The van der Waals surface area contributed by atoms with Crippen molar-refractivity contribution in [3.63, 3.8) is 0 Å². The Morgan fingerprint density at radius 2 is 1.92 bits per heavy atom. The molecule has 1 N–H and O–H groups in total. The SMILES string of the molecule is CC(=O)NC(C(=O)CBr)C(C)C. The van der Waals surface area contributed by atoms with Crippen LogP contribution in [0.5, 0.6) is 0 Å². The number of hydrogen-bond donors (Lipinski definition) is 1. The van der Waals surface area contributed by atoms with E-state index in [0.29, 0.717) is 0 Å². The van der Waals surface area contributed by atoms with Crippen molar-refractivity contribution in [1.29, 1.82) is 0 Å². The number of carbonyl (C=O) groups excluding carboxylic acids is 2. The van der Waals surface area contributed by atoms with Gasteiger partial charge in [0.2, 0.25) is 5.91 Å². The van der Waals surface area contributed by atoms with E-state index in [9.17, 15) is 9.59 Å². The normalized spacial score (nSPS) is 12.8. The lowest BCUT2D eigenvalue weighted by atomic mass is 10.0. The Morgan fingerprint density at radius 1 is 1.42 bits per heavy atom. The van der Waals surface area contributed by atoms with Gasteiger partial charge in [0, 0.05) is 6.92 Å². The second-order valence-corrected chi connectivity index (χ2v) is 3.58. The molecule has 0 saturated carbocycles. The van der Waals surface area contributed by atoms with Gasteiger partial charge >= 0.3 is 0 Å². The summed E-state index contributed by atoms with van der Waals surface area (Å²) in [6, 6.07) is -0.359. The van der Waals surface area contributed by atoms with Crippen molar-refractivity contribution in [2.24, 2.45) is 5.92 Å². The average Bonchev–Trinajstić information content (AvgIpc) is 1.98. The largest absolute Gasteiger partial charge is 0.346 e. The summed E-state index contributed by atoms with van der Waals surface area (Å²) in [5.74, 6) is -0.0119. The van der Waals surface area contributed by atoms with E-state index in [4.69, 9.17) is 0 Å². The predicted octanol–water partition coefficient (Wildman–Crippen LogP) is 1.11. The predicted molar refractivity (Wildman–Crippen MR) is 51.2 cm³/mol. The van der Waals surface area contributed by atoms with Crippen molar-refractivity contribution in [3.05, 3.63) is 0 Å². The van der Waals surface area contributed by atoms with Crippen molar-refractivity contribution in [3.8, 4) is 0 Å². The van der Waals surface area contributed by atoms with Crippen molar-refractivity contribution in [2.45, 2.75) is 26.8 Å². The molecule has 0 bridgehead atoms. The molecule has 0 aliphatic carbocycles. The molecule has 0 aliphatic heterocycles. The highest BCUT2D eigenvalue weighted by atomic mass is 79.9. The summed E-state index contributed by atoms with van der Waals surface area (Å²) in [5.41, 5.74) is 0. The van der Waals surface area contributed by atoms with Gasteiger partial charge in [0.15, 0.2) is 5.78 Å². The van der Waals surface area contributed by atoms with Crippen molar-refractivity contribution < 1.29 is 9.59 Å². The third kappa shape index (κ3) is 3.85. The minimum absolute atomic E-state index is 0.0141. The maximum Gasteiger partial charge on any atom is 0.217 e. The van der Waals surface area contributed by atoms with Crippen LogP contribution in [0.15, 0.2) is 0 Å². The van der Waals surface area contributed by atoms with Gasteiger partial charge in [0.05, 0.1) is 11.4 Å². The molecule has 0 aliphatic rings. The van der Waals surface area contributed by atoms with Crippen molar-refractivity contribution >= 4 is 27.6 Å². The quantitative estimate of drug-likeness (QED) is 0.743. The third-order valence-corrected chi connectivity index (χ3v) is 2.06. The molecule has 0 rings (SSSR count). The van der Waals surface area contributed by atoms with Crippen LogP contribution >= 0.6 is 15.9 Å². The minimum atomic E-state index is -0.359. The average molecular weight is 236 g/mol. The summed E-state index contributed by atoms with van der Waals surface area (Å²) in [4.78, 5) is 21.9. The van der Waals surface area contributed by atoms with Gasteiger partial charge in [-0.05, 0) is 5.92 Å². The molecular formula is C8H14BrNO2. The zero-order valence-electron chi connectivity index (χ0n) is 7.56. The third-order valence-electron chi connectivity index (χ3n) is 1.50. The zero-order chi connectivity index (χ0) is 9.72. The maximum atomic E-state index is 11.2. The van der Waals surface area contributed by atoms with Crippen LogP contribution in [0.1, 0.15) is 20.8 Å². The Labute approximate surface area is 81.0 Å². The van der Waals surface area contributed by atoms with Crippen LogP contribution in [0.25, 0.3) is 0 Å². The zero-order valence-corrected chi connectivity index (χ0v) is 9.14. The first-order chi connectivity index (χ1) is 5.49. The highest BCUT2D eigenvalue weighted by Crippen LogP contribution is 2.04. The number of alkyl halides is 1. The molecule has 0 spiro atoms. The minimum Gasteiger partial charge on any atom is -0.346 e. The molecule has 12 heavy (non-hydrogen) atoms. The van der Waals surface area contributed by atoms with Gasteiger partial charge in [-0.3, -0.25) is 9.59 Å². The Bertz CT molecular complexity index is 180. The van der Waals surface area contributed by atoms with Crippen LogP contribution in [-0.4, -0.2) is 23.1 Å². The van der Waals surface area contributed by atoms with Gasteiger partial charge in [0.1, 0.15) is 0 Å². The summed E-state index contributed by atoms with van der Waals surface area (Å²) in [6.07, 6.45) is 0. The molecule has 4 heteroatoms. The lowest BCUT2D eigenvalue weighted by molar-refractivity contribution is -0.126. The maximum absolute atomic E-state index is 11.2. The van der Waals surface area contributed by atoms with Gasteiger partial charge in [-0.15, -0.1) is 0 Å². The van der Waals surface area contributed by atoms with Gasteiger partial charge in [0.25, 0.3) is 0 Å². The molecule has 1 amide bonds. The van der Waals surface area contributed by atoms with E-state index in [-0.39, 0.29) is 29.0 Å². The molecule has 0 aromatic carbocycles. The van der Waals surface area contributed by atoms with Crippen LogP contribution in [-0.2, 0) is 9.59 Å². The summed E-state index contributed by atoms with van der Waals surface area (Å²) in [7, 11) is 0. The summed E-state index contributed by atoms with van der Waals surface area (Å²) < 4.78 is 0.